The van der Waals surface area contributed by atoms with Crippen LogP contribution >= 0.6 is 0 Å². The number of fused-ring (bicyclic) bond motifs is 1. The topological polar surface area (TPSA) is 71.8 Å². The molecule has 1 fully saturated rings. The van der Waals surface area contributed by atoms with E-state index in [9.17, 15) is 9.59 Å². The van der Waals surface area contributed by atoms with E-state index in [-0.39, 0.29) is 17.7 Å². The van der Waals surface area contributed by atoms with Crippen LogP contribution in [0.5, 0.6) is 5.75 Å². The average molecular weight is 392 g/mol. The Morgan fingerprint density at radius 2 is 1.97 bits per heavy atom. The van der Waals surface area contributed by atoms with Gasteiger partial charge >= 0.3 is 0 Å². The second-order valence-corrected chi connectivity index (χ2v) is 7.36. The first-order valence-corrected chi connectivity index (χ1v) is 9.79. The summed E-state index contributed by atoms with van der Waals surface area (Å²) in [6.45, 7) is 2.88. The molecule has 4 rings (SSSR count). The van der Waals surface area contributed by atoms with Crippen molar-refractivity contribution in [2.24, 2.45) is 5.92 Å². The minimum absolute atomic E-state index is 0.0558. The quantitative estimate of drug-likeness (QED) is 0.721. The zero-order valence-corrected chi connectivity index (χ0v) is 16.6. The molecule has 2 amide bonds. The Morgan fingerprint density at radius 3 is 2.72 bits per heavy atom. The fourth-order valence-electron chi connectivity index (χ4n) is 3.82. The number of rotatable bonds is 4. The summed E-state index contributed by atoms with van der Waals surface area (Å²) in [5, 5.41) is 3.81. The highest BCUT2D eigenvalue weighted by Gasteiger charge is 2.31. The molecule has 1 aromatic heterocycles. The average Bonchev–Trinajstić information content (AvgIpc) is 3.09. The van der Waals surface area contributed by atoms with E-state index < -0.39 is 0 Å². The molecule has 3 aromatic rings. The van der Waals surface area contributed by atoms with Crippen molar-refractivity contribution in [1.29, 1.82) is 0 Å². The summed E-state index contributed by atoms with van der Waals surface area (Å²) >= 11 is 0. The van der Waals surface area contributed by atoms with Crippen LogP contribution in [0, 0.1) is 12.8 Å². The first-order chi connectivity index (χ1) is 14.1. The second-order valence-electron chi connectivity index (χ2n) is 7.36. The third kappa shape index (κ3) is 3.83. The predicted molar refractivity (Wildman–Crippen MR) is 111 cm³/mol. The third-order valence-corrected chi connectivity index (χ3v) is 5.46. The minimum atomic E-state index is -0.238. The van der Waals surface area contributed by atoms with Crippen molar-refractivity contribution in [2.45, 2.75) is 19.8 Å². The number of nitrogens with one attached hydrogen (secondary N) is 1. The van der Waals surface area contributed by atoms with Gasteiger partial charge in [0.1, 0.15) is 11.3 Å². The lowest BCUT2D eigenvalue weighted by molar-refractivity contribution is -0.121. The van der Waals surface area contributed by atoms with Gasteiger partial charge in [-0.2, -0.15) is 0 Å². The van der Waals surface area contributed by atoms with Crippen LogP contribution in [-0.4, -0.2) is 36.9 Å². The summed E-state index contributed by atoms with van der Waals surface area (Å²) < 4.78 is 11.1. The van der Waals surface area contributed by atoms with Crippen molar-refractivity contribution >= 4 is 28.5 Å². The van der Waals surface area contributed by atoms with Gasteiger partial charge in [-0.15, -0.1) is 0 Å². The number of amides is 2. The number of methoxy groups -OCH3 is 1. The number of nitrogens with zero attached hydrogens (tertiary/aromatic N) is 1. The number of ether oxygens (including phenoxy) is 1. The van der Waals surface area contributed by atoms with E-state index in [2.05, 4.69) is 5.32 Å². The maximum absolute atomic E-state index is 13.1. The van der Waals surface area contributed by atoms with Gasteiger partial charge in [0.2, 0.25) is 5.91 Å². The zero-order chi connectivity index (χ0) is 20.4. The van der Waals surface area contributed by atoms with E-state index in [1.54, 1.807) is 12.0 Å². The molecule has 1 N–H and O–H groups in total. The largest absolute Gasteiger partial charge is 0.497 e. The Balaban J connectivity index is 1.51. The van der Waals surface area contributed by atoms with E-state index in [0.717, 1.165) is 35.2 Å². The van der Waals surface area contributed by atoms with Crippen molar-refractivity contribution < 1.29 is 18.7 Å². The molecule has 1 unspecified atom stereocenters. The van der Waals surface area contributed by atoms with Crippen molar-refractivity contribution in [3.8, 4) is 5.75 Å². The number of carbonyl (C=O) groups is 2. The fraction of sp³-hybridized carbons (Fsp3) is 0.304. The molecular formula is C23H24N2O4. The molecule has 1 atom stereocenters. The molecule has 1 saturated heterocycles. The Morgan fingerprint density at radius 1 is 1.17 bits per heavy atom. The lowest BCUT2D eigenvalue weighted by Crippen LogP contribution is -2.43. The number of aryl methyl sites for hydroxylation is 1. The number of furan rings is 1. The molecule has 6 heteroatoms. The Hall–Kier alpha value is -3.28. The van der Waals surface area contributed by atoms with Gasteiger partial charge in [0.15, 0.2) is 5.76 Å². The van der Waals surface area contributed by atoms with E-state index in [0.29, 0.717) is 24.4 Å². The third-order valence-electron chi connectivity index (χ3n) is 5.46. The van der Waals surface area contributed by atoms with E-state index >= 15 is 0 Å². The SMILES string of the molecule is COc1ccc2oc(C(=O)N3CCCC(C(=O)Nc4ccccc4)C3)c(C)c2c1. The second kappa shape index (κ2) is 7.99. The predicted octanol–water partition coefficient (Wildman–Crippen LogP) is 4.24. The minimum Gasteiger partial charge on any atom is -0.497 e. The van der Waals surface area contributed by atoms with Crippen LogP contribution < -0.4 is 10.1 Å². The van der Waals surface area contributed by atoms with Gasteiger partial charge in [-0.05, 0) is 50.1 Å². The van der Waals surface area contributed by atoms with E-state index in [1.807, 2.05) is 55.5 Å². The van der Waals surface area contributed by atoms with Gasteiger partial charge in [-0.25, -0.2) is 0 Å². The Labute approximate surface area is 169 Å². The van der Waals surface area contributed by atoms with Crippen LogP contribution in [0.3, 0.4) is 0 Å². The van der Waals surface area contributed by atoms with Gasteiger partial charge in [-0.1, -0.05) is 18.2 Å². The van der Waals surface area contributed by atoms with Gasteiger partial charge in [0, 0.05) is 29.7 Å². The molecule has 0 bridgehead atoms. The normalized spacial score (nSPS) is 16.6. The van der Waals surface area contributed by atoms with Crippen molar-refractivity contribution in [2.75, 3.05) is 25.5 Å². The van der Waals surface area contributed by atoms with Gasteiger partial charge in [0.25, 0.3) is 5.91 Å². The number of benzene rings is 2. The molecule has 0 saturated carbocycles. The standard InChI is InChI=1S/C23H24N2O4/c1-15-19-13-18(28-2)10-11-20(19)29-21(15)23(27)25-12-6-7-16(14-25)22(26)24-17-8-4-3-5-9-17/h3-5,8-11,13,16H,6-7,12,14H2,1-2H3,(H,24,26). The lowest BCUT2D eigenvalue weighted by atomic mass is 9.96. The van der Waals surface area contributed by atoms with Crippen LogP contribution in [0.25, 0.3) is 11.0 Å². The smallest absolute Gasteiger partial charge is 0.289 e. The van der Waals surface area contributed by atoms with Crippen LogP contribution in [0.4, 0.5) is 5.69 Å². The monoisotopic (exact) mass is 392 g/mol. The van der Waals surface area contributed by atoms with Crippen molar-refractivity contribution in [3.63, 3.8) is 0 Å². The number of para-hydroxylation sites is 1. The Kier molecular flexibility index (Phi) is 5.25. The summed E-state index contributed by atoms with van der Waals surface area (Å²) in [5.41, 5.74) is 2.21. The highest BCUT2D eigenvalue weighted by molar-refractivity contribution is 6.00. The molecule has 0 radical (unpaired) electrons. The van der Waals surface area contributed by atoms with Gasteiger partial charge in [-0.3, -0.25) is 9.59 Å². The lowest BCUT2D eigenvalue weighted by Gasteiger charge is -2.31. The molecule has 2 heterocycles. The van der Waals surface area contributed by atoms with Crippen LogP contribution in [0.1, 0.15) is 29.0 Å². The molecule has 1 aliphatic heterocycles. The summed E-state index contributed by atoms with van der Waals surface area (Å²) in [6.07, 6.45) is 1.55. The number of carbonyl (C=O) groups excluding carboxylic acids is 2. The summed E-state index contributed by atoms with van der Waals surface area (Å²) in [7, 11) is 1.61. The molecule has 0 spiro atoms. The van der Waals surface area contributed by atoms with Crippen molar-refractivity contribution in [1.82, 2.24) is 4.90 Å². The summed E-state index contributed by atoms with van der Waals surface area (Å²) in [6, 6.07) is 14.9. The fourth-order valence-corrected chi connectivity index (χ4v) is 3.82. The first kappa shape index (κ1) is 19.1. The molecule has 1 aliphatic rings. The molecule has 0 aliphatic carbocycles. The first-order valence-electron chi connectivity index (χ1n) is 9.79. The van der Waals surface area contributed by atoms with Crippen LogP contribution in [0.2, 0.25) is 0 Å². The number of hydrogen-bond donors (Lipinski definition) is 1. The highest BCUT2D eigenvalue weighted by Crippen LogP contribution is 2.30. The van der Waals surface area contributed by atoms with E-state index in [4.69, 9.17) is 9.15 Å². The van der Waals surface area contributed by atoms with E-state index in [1.165, 1.54) is 0 Å². The van der Waals surface area contributed by atoms with Crippen LogP contribution in [-0.2, 0) is 4.79 Å². The van der Waals surface area contributed by atoms with Gasteiger partial charge < -0.3 is 19.4 Å². The summed E-state index contributed by atoms with van der Waals surface area (Å²) in [4.78, 5) is 27.5. The number of likely N-dealkylation sites (tertiary alicyclic amines) is 1. The highest BCUT2D eigenvalue weighted by atomic mass is 16.5. The molecule has 2 aromatic carbocycles. The molecule has 6 nitrogen and oxygen atoms in total. The van der Waals surface area contributed by atoms with Gasteiger partial charge in [0.05, 0.1) is 13.0 Å². The maximum atomic E-state index is 13.1. The number of hydrogen-bond acceptors (Lipinski definition) is 4. The summed E-state index contributed by atoms with van der Waals surface area (Å²) in [5.74, 6) is 0.584. The van der Waals surface area contributed by atoms with Crippen LogP contribution in [0.15, 0.2) is 52.9 Å². The number of anilines is 1. The zero-order valence-electron chi connectivity index (χ0n) is 16.6. The molecular weight excluding hydrogens is 368 g/mol. The molecule has 29 heavy (non-hydrogen) atoms. The molecule has 150 valence electrons. The Bertz CT molecular complexity index is 1040. The number of piperidine rings is 1. The maximum Gasteiger partial charge on any atom is 0.289 e. The van der Waals surface area contributed by atoms with Crippen molar-refractivity contribution in [3.05, 3.63) is 59.9 Å².